The lowest BCUT2D eigenvalue weighted by Gasteiger charge is -2.15. The van der Waals surface area contributed by atoms with Crippen LogP contribution in [-0.4, -0.2) is 23.7 Å². The fourth-order valence-electron chi connectivity index (χ4n) is 1.59. The fourth-order valence-corrected chi connectivity index (χ4v) is 1.59. The van der Waals surface area contributed by atoms with Crippen molar-refractivity contribution in [1.82, 2.24) is 10.6 Å². The summed E-state index contributed by atoms with van der Waals surface area (Å²) in [6, 6.07) is 7.13. The molecule has 19 heavy (non-hydrogen) atoms. The molecule has 1 aromatic rings. The molecule has 0 unspecified atom stereocenters. The average Bonchev–Trinajstić information content (AvgIpc) is 2.36. The van der Waals surface area contributed by atoms with Crippen molar-refractivity contribution in [2.75, 3.05) is 6.54 Å². The zero-order valence-electron chi connectivity index (χ0n) is 11.2. The summed E-state index contributed by atoms with van der Waals surface area (Å²) in [4.78, 5) is 22.8. The summed E-state index contributed by atoms with van der Waals surface area (Å²) in [5, 5.41) is 14.3. The Balaban J connectivity index is 2.55. The monoisotopic (exact) mass is 264 g/mol. The van der Waals surface area contributed by atoms with Gasteiger partial charge in [-0.25, -0.2) is 9.59 Å². The second-order valence-electron chi connectivity index (χ2n) is 4.76. The lowest BCUT2D eigenvalue weighted by atomic mass is 10.1. The second-order valence-corrected chi connectivity index (χ2v) is 4.76. The van der Waals surface area contributed by atoms with E-state index in [0.717, 1.165) is 6.42 Å². The van der Waals surface area contributed by atoms with Crippen molar-refractivity contribution >= 4 is 12.0 Å². The standard InChI is InChI=1S/C14H20N2O3/c1-10(2)8-9-15-14(19)16-12(13(17)18)11-6-4-3-5-7-11/h3-7,10,12H,8-9H2,1-2H3,(H,17,18)(H2,15,16,19)/t12-/m0/s1. The van der Waals surface area contributed by atoms with Gasteiger partial charge in [-0.05, 0) is 17.9 Å². The van der Waals surface area contributed by atoms with Crippen LogP contribution >= 0.6 is 0 Å². The van der Waals surface area contributed by atoms with Gasteiger partial charge in [-0.2, -0.15) is 0 Å². The molecule has 0 heterocycles. The van der Waals surface area contributed by atoms with Gasteiger partial charge >= 0.3 is 12.0 Å². The van der Waals surface area contributed by atoms with Crippen molar-refractivity contribution in [1.29, 1.82) is 0 Å². The largest absolute Gasteiger partial charge is 0.479 e. The molecule has 0 spiro atoms. The molecule has 5 heteroatoms. The van der Waals surface area contributed by atoms with Crippen LogP contribution in [0.1, 0.15) is 31.9 Å². The molecule has 104 valence electrons. The highest BCUT2D eigenvalue weighted by Crippen LogP contribution is 2.12. The van der Waals surface area contributed by atoms with E-state index in [9.17, 15) is 9.59 Å². The molecule has 0 aliphatic rings. The van der Waals surface area contributed by atoms with E-state index in [4.69, 9.17) is 5.11 Å². The first-order valence-electron chi connectivity index (χ1n) is 6.33. The minimum atomic E-state index is -1.08. The van der Waals surface area contributed by atoms with E-state index in [2.05, 4.69) is 24.5 Å². The third kappa shape index (κ3) is 5.42. The van der Waals surface area contributed by atoms with E-state index < -0.39 is 18.0 Å². The van der Waals surface area contributed by atoms with Crippen LogP contribution in [0, 0.1) is 5.92 Å². The van der Waals surface area contributed by atoms with E-state index >= 15 is 0 Å². The lowest BCUT2D eigenvalue weighted by molar-refractivity contribution is -0.139. The molecule has 3 N–H and O–H groups in total. The number of carbonyl (C=O) groups excluding carboxylic acids is 1. The Hall–Kier alpha value is -2.04. The van der Waals surface area contributed by atoms with Crippen LogP contribution in [0.2, 0.25) is 0 Å². The van der Waals surface area contributed by atoms with Crippen LogP contribution in [0.5, 0.6) is 0 Å². The first kappa shape index (κ1) is 15.0. The molecule has 1 atom stereocenters. The zero-order chi connectivity index (χ0) is 14.3. The maximum Gasteiger partial charge on any atom is 0.330 e. The van der Waals surface area contributed by atoms with Gasteiger partial charge in [0.25, 0.3) is 0 Å². The number of hydrogen-bond donors (Lipinski definition) is 3. The van der Waals surface area contributed by atoms with Gasteiger partial charge in [0, 0.05) is 6.54 Å². The topological polar surface area (TPSA) is 78.4 Å². The Morgan fingerprint density at radius 2 is 1.84 bits per heavy atom. The van der Waals surface area contributed by atoms with Crippen LogP contribution in [0.4, 0.5) is 4.79 Å². The number of carboxylic acid groups (broad SMARTS) is 1. The molecule has 0 radical (unpaired) electrons. The molecule has 0 saturated heterocycles. The summed E-state index contributed by atoms with van der Waals surface area (Å²) in [5.74, 6) is -0.588. The van der Waals surface area contributed by atoms with Crippen molar-refractivity contribution in [2.24, 2.45) is 5.92 Å². The normalized spacial score (nSPS) is 11.9. The van der Waals surface area contributed by atoms with Crippen LogP contribution < -0.4 is 10.6 Å². The Kier molecular flexibility index (Phi) is 5.85. The van der Waals surface area contributed by atoms with Crippen molar-refractivity contribution in [3.05, 3.63) is 35.9 Å². The first-order chi connectivity index (χ1) is 9.00. The number of hydrogen-bond acceptors (Lipinski definition) is 2. The number of benzene rings is 1. The van der Waals surface area contributed by atoms with Gasteiger partial charge in [0.2, 0.25) is 0 Å². The SMILES string of the molecule is CC(C)CCNC(=O)N[C@H](C(=O)O)c1ccccc1. The van der Waals surface area contributed by atoms with E-state index in [1.54, 1.807) is 30.3 Å². The van der Waals surface area contributed by atoms with Crippen LogP contribution in [0.25, 0.3) is 0 Å². The number of carboxylic acids is 1. The Labute approximate surface area is 113 Å². The maximum absolute atomic E-state index is 11.6. The molecule has 1 aromatic carbocycles. The van der Waals surface area contributed by atoms with Gasteiger partial charge in [-0.1, -0.05) is 44.2 Å². The summed E-state index contributed by atoms with van der Waals surface area (Å²) in [5.41, 5.74) is 0.550. The summed E-state index contributed by atoms with van der Waals surface area (Å²) in [7, 11) is 0. The highest BCUT2D eigenvalue weighted by Gasteiger charge is 2.21. The van der Waals surface area contributed by atoms with Crippen molar-refractivity contribution in [3.63, 3.8) is 0 Å². The zero-order valence-corrected chi connectivity index (χ0v) is 11.2. The smallest absolute Gasteiger partial charge is 0.330 e. The van der Waals surface area contributed by atoms with Crippen LogP contribution in [0.15, 0.2) is 30.3 Å². The third-order valence-corrected chi connectivity index (χ3v) is 2.66. The van der Waals surface area contributed by atoms with Crippen molar-refractivity contribution < 1.29 is 14.7 Å². The predicted molar refractivity (Wildman–Crippen MR) is 72.8 cm³/mol. The molecule has 0 aromatic heterocycles. The summed E-state index contributed by atoms with van der Waals surface area (Å²) in [6.45, 7) is 4.65. The van der Waals surface area contributed by atoms with Crippen LogP contribution in [-0.2, 0) is 4.79 Å². The Morgan fingerprint density at radius 1 is 1.21 bits per heavy atom. The second kappa shape index (κ2) is 7.41. The predicted octanol–water partition coefficient (Wildman–Crippen LogP) is 2.16. The van der Waals surface area contributed by atoms with Crippen LogP contribution in [0.3, 0.4) is 0 Å². The molecule has 0 bridgehead atoms. The Morgan fingerprint density at radius 3 is 2.37 bits per heavy atom. The highest BCUT2D eigenvalue weighted by molar-refractivity contribution is 5.83. The molecule has 2 amide bonds. The lowest BCUT2D eigenvalue weighted by Crippen LogP contribution is -2.41. The number of carbonyl (C=O) groups is 2. The number of rotatable bonds is 6. The molecule has 0 aliphatic carbocycles. The molecule has 5 nitrogen and oxygen atoms in total. The van der Waals surface area contributed by atoms with E-state index in [0.29, 0.717) is 18.0 Å². The minimum Gasteiger partial charge on any atom is -0.479 e. The van der Waals surface area contributed by atoms with E-state index in [-0.39, 0.29) is 0 Å². The third-order valence-electron chi connectivity index (χ3n) is 2.66. The number of urea groups is 1. The molecular formula is C14H20N2O3. The molecule has 0 fully saturated rings. The van der Waals surface area contributed by atoms with Gasteiger partial charge in [0.05, 0.1) is 0 Å². The van der Waals surface area contributed by atoms with Gasteiger partial charge in [0.1, 0.15) is 0 Å². The van der Waals surface area contributed by atoms with Gasteiger partial charge in [-0.15, -0.1) is 0 Å². The summed E-state index contributed by atoms with van der Waals surface area (Å²) < 4.78 is 0. The first-order valence-corrected chi connectivity index (χ1v) is 6.33. The quantitative estimate of drug-likeness (QED) is 0.736. The number of amides is 2. The molecule has 0 aliphatic heterocycles. The summed E-state index contributed by atoms with van der Waals surface area (Å²) >= 11 is 0. The molecular weight excluding hydrogens is 244 g/mol. The highest BCUT2D eigenvalue weighted by atomic mass is 16.4. The van der Waals surface area contributed by atoms with Crippen molar-refractivity contribution in [3.8, 4) is 0 Å². The van der Waals surface area contributed by atoms with E-state index in [1.807, 2.05) is 0 Å². The summed E-state index contributed by atoms with van der Waals surface area (Å²) in [6.07, 6.45) is 0.858. The Bertz CT molecular complexity index is 418. The minimum absolute atomic E-state index is 0.461. The number of aliphatic carboxylic acids is 1. The van der Waals surface area contributed by atoms with Gasteiger partial charge in [-0.3, -0.25) is 0 Å². The molecule has 0 saturated carbocycles. The van der Waals surface area contributed by atoms with Gasteiger partial charge < -0.3 is 15.7 Å². The molecule has 1 rings (SSSR count). The van der Waals surface area contributed by atoms with Gasteiger partial charge in [0.15, 0.2) is 6.04 Å². The van der Waals surface area contributed by atoms with E-state index in [1.165, 1.54) is 0 Å². The average molecular weight is 264 g/mol. The fraction of sp³-hybridized carbons (Fsp3) is 0.429. The number of nitrogens with one attached hydrogen (secondary N) is 2. The van der Waals surface area contributed by atoms with Crippen molar-refractivity contribution in [2.45, 2.75) is 26.3 Å². The maximum atomic E-state index is 11.6.